The Kier molecular flexibility index (Phi) is 4.52. The summed E-state index contributed by atoms with van der Waals surface area (Å²) in [4.78, 5) is 12.9. The molecule has 0 saturated heterocycles. The molecule has 0 spiro atoms. The van der Waals surface area contributed by atoms with E-state index < -0.39 is 0 Å². The maximum atomic E-state index is 11.4. The number of nitrogens with one attached hydrogen (secondary N) is 1. The van der Waals surface area contributed by atoms with Crippen molar-refractivity contribution < 1.29 is 13.9 Å². The molecule has 3 N–H and O–H groups in total. The fourth-order valence-corrected chi connectivity index (χ4v) is 1.01. The summed E-state index contributed by atoms with van der Waals surface area (Å²) in [6.07, 6.45) is 0. The number of amides is 1. The predicted octanol–water partition coefficient (Wildman–Crippen LogP) is -1.15. The number of anilines is 2. The first kappa shape index (κ1) is 12.2. The van der Waals surface area contributed by atoms with Crippen LogP contribution in [0.15, 0.2) is 4.42 Å². The summed E-state index contributed by atoms with van der Waals surface area (Å²) in [5.41, 5.74) is 5.26. The molecule has 0 bridgehead atoms. The third-order valence-corrected chi connectivity index (χ3v) is 1.77. The summed E-state index contributed by atoms with van der Waals surface area (Å²) >= 11 is 0. The SMILES string of the molecule is COCCNC(=O)CN(C)c1nnc(N)o1. The molecule has 90 valence electrons. The molecule has 0 aliphatic carbocycles. The van der Waals surface area contributed by atoms with Gasteiger partial charge in [-0.2, -0.15) is 0 Å². The third kappa shape index (κ3) is 3.73. The maximum Gasteiger partial charge on any atom is 0.319 e. The Labute approximate surface area is 92.7 Å². The van der Waals surface area contributed by atoms with Gasteiger partial charge in [0.25, 0.3) is 0 Å². The monoisotopic (exact) mass is 229 g/mol. The number of nitrogen functional groups attached to an aromatic ring is 1. The second-order valence-electron chi connectivity index (χ2n) is 3.12. The molecule has 1 amide bonds. The zero-order chi connectivity index (χ0) is 12.0. The van der Waals surface area contributed by atoms with Gasteiger partial charge in [-0.15, -0.1) is 0 Å². The minimum Gasteiger partial charge on any atom is -0.390 e. The first-order chi connectivity index (χ1) is 7.63. The van der Waals surface area contributed by atoms with Crippen LogP contribution in [0.3, 0.4) is 0 Å². The van der Waals surface area contributed by atoms with Gasteiger partial charge in [0.15, 0.2) is 0 Å². The molecular formula is C8H15N5O3. The van der Waals surface area contributed by atoms with Crippen LogP contribution in [-0.4, -0.2) is 50.0 Å². The van der Waals surface area contributed by atoms with Crippen molar-refractivity contribution in [1.29, 1.82) is 0 Å². The maximum absolute atomic E-state index is 11.4. The quantitative estimate of drug-likeness (QED) is 0.593. The number of likely N-dealkylation sites (N-methyl/N-ethyl adjacent to an activating group) is 1. The molecule has 1 heterocycles. The zero-order valence-corrected chi connectivity index (χ0v) is 9.27. The second-order valence-corrected chi connectivity index (χ2v) is 3.12. The van der Waals surface area contributed by atoms with E-state index in [2.05, 4.69) is 15.5 Å². The van der Waals surface area contributed by atoms with Gasteiger partial charge in [-0.25, -0.2) is 0 Å². The lowest BCUT2D eigenvalue weighted by Crippen LogP contribution is -2.36. The third-order valence-electron chi connectivity index (χ3n) is 1.77. The number of aromatic nitrogens is 2. The van der Waals surface area contributed by atoms with Gasteiger partial charge in [-0.3, -0.25) is 4.79 Å². The Morgan fingerprint density at radius 3 is 2.94 bits per heavy atom. The number of rotatable bonds is 6. The zero-order valence-electron chi connectivity index (χ0n) is 9.27. The van der Waals surface area contributed by atoms with E-state index in [1.54, 1.807) is 14.2 Å². The van der Waals surface area contributed by atoms with Gasteiger partial charge < -0.3 is 25.1 Å². The molecule has 0 aromatic carbocycles. The van der Waals surface area contributed by atoms with E-state index >= 15 is 0 Å². The number of nitrogens with two attached hydrogens (primary N) is 1. The van der Waals surface area contributed by atoms with Crippen molar-refractivity contribution in [2.75, 3.05) is 44.5 Å². The summed E-state index contributed by atoms with van der Waals surface area (Å²) in [5, 5.41) is 9.80. The van der Waals surface area contributed by atoms with Gasteiger partial charge in [-0.05, 0) is 0 Å². The Bertz CT molecular complexity index is 340. The van der Waals surface area contributed by atoms with Gasteiger partial charge in [0.1, 0.15) is 6.54 Å². The molecule has 16 heavy (non-hydrogen) atoms. The highest BCUT2D eigenvalue weighted by molar-refractivity contribution is 5.80. The molecular weight excluding hydrogens is 214 g/mol. The molecule has 1 aromatic rings. The number of ether oxygens (including phenoxy) is 1. The summed E-state index contributed by atoms with van der Waals surface area (Å²) in [5.74, 6) is -0.156. The topological polar surface area (TPSA) is 107 Å². The molecule has 0 aliphatic heterocycles. The highest BCUT2D eigenvalue weighted by Crippen LogP contribution is 2.10. The number of hydrogen-bond acceptors (Lipinski definition) is 7. The van der Waals surface area contributed by atoms with E-state index in [0.29, 0.717) is 13.2 Å². The van der Waals surface area contributed by atoms with E-state index in [-0.39, 0.29) is 24.5 Å². The Balaban J connectivity index is 2.33. The van der Waals surface area contributed by atoms with Crippen LogP contribution in [0.2, 0.25) is 0 Å². The fourth-order valence-electron chi connectivity index (χ4n) is 1.01. The van der Waals surface area contributed by atoms with Gasteiger partial charge in [0.2, 0.25) is 5.91 Å². The number of carbonyl (C=O) groups excluding carboxylic acids is 1. The number of nitrogens with zero attached hydrogens (tertiary/aromatic N) is 3. The Morgan fingerprint density at radius 1 is 1.62 bits per heavy atom. The van der Waals surface area contributed by atoms with Crippen LogP contribution in [0.1, 0.15) is 0 Å². The van der Waals surface area contributed by atoms with Crippen LogP contribution in [0.5, 0.6) is 0 Å². The second kappa shape index (κ2) is 5.91. The molecule has 8 nitrogen and oxygen atoms in total. The van der Waals surface area contributed by atoms with Crippen molar-refractivity contribution in [3.63, 3.8) is 0 Å². The van der Waals surface area contributed by atoms with Crippen LogP contribution < -0.4 is 16.0 Å². The standard InChI is InChI=1S/C8H15N5O3/c1-13(8-12-11-7(9)16-8)5-6(14)10-3-4-15-2/h3-5H2,1-2H3,(H2,9,11)(H,10,14). The van der Waals surface area contributed by atoms with E-state index in [9.17, 15) is 4.79 Å². The minimum atomic E-state index is -0.156. The van der Waals surface area contributed by atoms with Crippen molar-refractivity contribution in [1.82, 2.24) is 15.5 Å². The van der Waals surface area contributed by atoms with Gasteiger partial charge >= 0.3 is 12.0 Å². The lowest BCUT2D eigenvalue weighted by Gasteiger charge is -2.13. The number of methoxy groups -OCH3 is 1. The largest absolute Gasteiger partial charge is 0.390 e. The van der Waals surface area contributed by atoms with E-state index in [1.807, 2.05) is 0 Å². The van der Waals surface area contributed by atoms with Gasteiger partial charge in [0, 0.05) is 20.7 Å². The van der Waals surface area contributed by atoms with E-state index in [4.69, 9.17) is 14.9 Å². The lowest BCUT2D eigenvalue weighted by molar-refractivity contribution is -0.119. The molecule has 0 unspecified atom stereocenters. The highest BCUT2D eigenvalue weighted by Gasteiger charge is 2.12. The molecule has 1 aromatic heterocycles. The van der Waals surface area contributed by atoms with Gasteiger partial charge in [-0.1, -0.05) is 10.2 Å². The first-order valence-electron chi connectivity index (χ1n) is 4.69. The molecule has 0 fully saturated rings. The van der Waals surface area contributed by atoms with Crippen molar-refractivity contribution in [2.45, 2.75) is 0 Å². The first-order valence-corrected chi connectivity index (χ1v) is 4.69. The van der Waals surface area contributed by atoms with Crippen LogP contribution in [0.4, 0.5) is 12.0 Å². The number of carbonyl (C=O) groups is 1. The molecule has 1 rings (SSSR count). The summed E-state index contributed by atoms with van der Waals surface area (Å²) in [6, 6.07) is 0.182. The average Bonchev–Trinajstić information content (AvgIpc) is 2.65. The minimum absolute atomic E-state index is 0.0263. The molecule has 0 aliphatic rings. The smallest absolute Gasteiger partial charge is 0.319 e. The molecule has 8 heteroatoms. The van der Waals surface area contributed by atoms with Gasteiger partial charge in [0.05, 0.1) is 6.61 Å². The van der Waals surface area contributed by atoms with E-state index in [1.165, 1.54) is 4.90 Å². The lowest BCUT2D eigenvalue weighted by atomic mass is 10.5. The van der Waals surface area contributed by atoms with Crippen LogP contribution in [-0.2, 0) is 9.53 Å². The number of hydrogen-bond donors (Lipinski definition) is 2. The Morgan fingerprint density at radius 2 is 2.38 bits per heavy atom. The van der Waals surface area contributed by atoms with Crippen molar-refractivity contribution in [2.24, 2.45) is 0 Å². The Hall–Kier alpha value is -1.83. The van der Waals surface area contributed by atoms with E-state index in [0.717, 1.165) is 0 Å². The van der Waals surface area contributed by atoms with Crippen molar-refractivity contribution in [3.8, 4) is 0 Å². The molecule has 0 atom stereocenters. The summed E-state index contributed by atoms with van der Waals surface area (Å²) in [6.45, 7) is 1.06. The van der Waals surface area contributed by atoms with Crippen LogP contribution in [0, 0.1) is 0 Å². The normalized spacial score (nSPS) is 10.1. The average molecular weight is 229 g/mol. The van der Waals surface area contributed by atoms with Crippen LogP contribution in [0.25, 0.3) is 0 Å². The van der Waals surface area contributed by atoms with Crippen molar-refractivity contribution >= 4 is 17.9 Å². The summed E-state index contributed by atoms with van der Waals surface area (Å²) < 4.78 is 9.75. The fraction of sp³-hybridized carbons (Fsp3) is 0.625. The molecule has 0 saturated carbocycles. The molecule has 0 radical (unpaired) electrons. The van der Waals surface area contributed by atoms with Crippen molar-refractivity contribution in [3.05, 3.63) is 0 Å². The highest BCUT2D eigenvalue weighted by atomic mass is 16.5. The van der Waals surface area contributed by atoms with Crippen LogP contribution >= 0.6 is 0 Å². The predicted molar refractivity (Wildman–Crippen MR) is 56.9 cm³/mol. The summed E-state index contributed by atoms with van der Waals surface area (Å²) in [7, 11) is 3.22.